The molecule has 20 heavy (non-hydrogen) atoms. The molecule has 2 saturated heterocycles. The van der Waals surface area contributed by atoms with Crippen molar-refractivity contribution in [2.75, 3.05) is 31.1 Å². The van der Waals surface area contributed by atoms with E-state index in [1.54, 1.807) is 0 Å². The highest BCUT2D eigenvalue weighted by Crippen LogP contribution is 2.38. The van der Waals surface area contributed by atoms with Gasteiger partial charge in [0.15, 0.2) is 0 Å². The lowest BCUT2D eigenvalue weighted by Crippen LogP contribution is -2.51. The molecule has 2 aliphatic heterocycles. The van der Waals surface area contributed by atoms with Gasteiger partial charge in [0, 0.05) is 32.1 Å². The molecule has 108 valence electrons. The first-order chi connectivity index (χ1) is 9.65. The zero-order valence-electron chi connectivity index (χ0n) is 12.4. The van der Waals surface area contributed by atoms with Gasteiger partial charge in [-0.25, -0.2) is 0 Å². The fourth-order valence-corrected chi connectivity index (χ4v) is 3.91. The Labute approximate surface area is 120 Å². The van der Waals surface area contributed by atoms with Crippen LogP contribution < -0.4 is 10.2 Å². The third-order valence-corrected chi connectivity index (χ3v) is 4.83. The summed E-state index contributed by atoms with van der Waals surface area (Å²) in [6.07, 6.45) is 5.07. The quantitative estimate of drug-likeness (QED) is 0.844. The lowest BCUT2D eigenvalue weighted by molar-refractivity contribution is 0.172. The molecule has 0 aliphatic carbocycles. The van der Waals surface area contributed by atoms with E-state index in [0.29, 0.717) is 5.41 Å². The number of nitriles is 1. The van der Waals surface area contributed by atoms with Gasteiger partial charge in [0.05, 0.1) is 5.69 Å². The van der Waals surface area contributed by atoms with E-state index in [2.05, 4.69) is 21.4 Å². The Bertz CT molecular complexity index is 528. The second-order valence-electron chi connectivity index (χ2n) is 6.32. The zero-order chi connectivity index (χ0) is 14.2. The molecule has 1 aromatic heterocycles. The maximum absolute atomic E-state index is 9.40. The van der Waals surface area contributed by atoms with Gasteiger partial charge in [-0.2, -0.15) is 10.4 Å². The number of anilines is 1. The molecule has 1 atom stereocenters. The summed E-state index contributed by atoms with van der Waals surface area (Å²) in [5.41, 5.74) is 1.97. The van der Waals surface area contributed by atoms with Crippen LogP contribution in [0.3, 0.4) is 0 Å². The molecule has 1 aromatic rings. The molecule has 3 heterocycles. The molecule has 0 amide bonds. The Morgan fingerprint density at radius 1 is 1.35 bits per heavy atom. The topological polar surface area (TPSA) is 56.9 Å². The lowest BCUT2D eigenvalue weighted by atomic mass is 9.74. The van der Waals surface area contributed by atoms with Gasteiger partial charge in [-0.1, -0.05) is 0 Å². The number of nitrogens with one attached hydrogen (secondary N) is 1. The predicted molar refractivity (Wildman–Crippen MR) is 78.6 cm³/mol. The molecule has 1 spiro atoms. The van der Waals surface area contributed by atoms with E-state index in [1.165, 1.54) is 25.7 Å². The molecule has 0 saturated carbocycles. The van der Waals surface area contributed by atoms with Crippen molar-refractivity contribution in [2.24, 2.45) is 12.5 Å². The maximum Gasteiger partial charge on any atom is 0.144 e. The van der Waals surface area contributed by atoms with E-state index in [0.717, 1.165) is 43.3 Å². The van der Waals surface area contributed by atoms with Gasteiger partial charge in [-0.15, -0.1) is 0 Å². The van der Waals surface area contributed by atoms with E-state index in [-0.39, 0.29) is 0 Å². The molecule has 3 rings (SSSR count). The van der Waals surface area contributed by atoms with Gasteiger partial charge in [0.25, 0.3) is 0 Å². The Morgan fingerprint density at radius 2 is 2.15 bits per heavy atom. The van der Waals surface area contributed by atoms with Crippen LogP contribution in [0.1, 0.15) is 36.9 Å². The molecule has 0 radical (unpaired) electrons. The Hall–Kier alpha value is -1.54. The van der Waals surface area contributed by atoms with Crippen molar-refractivity contribution in [3.63, 3.8) is 0 Å². The summed E-state index contributed by atoms with van der Waals surface area (Å²) in [6, 6.07) is 2.33. The highest BCUT2D eigenvalue weighted by Gasteiger charge is 2.38. The summed E-state index contributed by atoms with van der Waals surface area (Å²) in [5, 5.41) is 17.4. The molecule has 5 heteroatoms. The molecule has 0 aromatic carbocycles. The summed E-state index contributed by atoms with van der Waals surface area (Å²) in [6.45, 7) is 6.27. The molecule has 2 aliphatic rings. The SMILES string of the molecule is Cc1nn(C)c(N2CCCC3(CCCNC3)C2)c1C#N. The minimum atomic E-state index is 0.390. The zero-order valence-corrected chi connectivity index (χ0v) is 12.4. The number of rotatable bonds is 1. The predicted octanol–water partition coefficient (Wildman–Crippen LogP) is 1.57. The molecule has 1 N–H and O–H groups in total. The van der Waals surface area contributed by atoms with Crippen molar-refractivity contribution in [1.82, 2.24) is 15.1 Å². The Morgan fingerprint density at radius 3 is 2.85 bits per heavy atom. The highest BCUT2D eigenvalue weighted by molar-refractivity contribution is 5.57. The van der Waals surface area contributed by atoms with Crippen LogP contribution in [-0.2, 0) is 7.05 Å². The average Bonchev–Trinajstić information content (AvgIpc) is 2.73. The molecular weight excluding hydrogens is 250 g/mol. The molecule has 0 bridgehead atoms. The smallest absolute Gasteiger partial charge is 0.144 e. The van der Waals surface area contributed by atoms with Crippen LogP contribution in [0.5, 0.6) is 0 Å². The average molecular weight is 273 g/mol. The third kappa shape index (κ3) is 2.18. The maximum atomic E-state index is 9.40. The largest absolute Gasteiger partial charge is 0.355 e. The molecule has 1 unspecified atom stereocenters. The van der Waals surface area contributed by atoms with Crippen molar-refractivity contribution < 1.29 is 0 Å². The normalized spacial score (nSPS) is 26.8. The first-order valence-corrected chi connectivity index (χ1v) is 7.55. The van der Waals surface area contributed by atoms with Crippen LogP contribution in [0.2, 0.25) is 0 Å². The lowest BCUT2D eigenvalue weighted by Gasteiger charge is -2.46. The summed E-state index contributed by atoms with van der Waals surface area (Å²) in [4.78, 5) is 2.38. The Kier molecular flexibility index (Phi) is 3.43. The van der Waals surface area contributed by atoms with Crippen LogP contribution >= 0.6 is 0 Å². The minimum Gasteiger partial charge on any atom is -0.355 e. The Balaban J connectivity index is 1.89. The number of aryl methyl sites for hydroxylation is 2. The third-order valence-electron chi connectivity index (χ3n) is 4.83. The summed E-state index contributed by atoms with van der Waals surface area (Å²) in [5.74, 6) is 1.01. The van der Waals surface area contributed by atoms with Crippen LogP contribution in [0.4, 0.5) is 5.82 Å². The first kappa shape index (κ1) is 13.4. The van der Waals surface area contributed by atoms with E-state index in [4.69, 9.17) is 0 Å². The monoisotopic (exact) mass is 273 g/mol. The van der Waals surface area contributed by atoms with Crippen molar-refractivity contribution in [3.8, 4) is 6.07 Å². The van der Waals surface area contributed by atoms with Gasteiger partial charge >= 0.3 is 0 Å². The number of aromatic nitrogens is 2. The van der Waals surface area contributed by atoms with Gasteiger partial charge in [-0.3, -0.25) is 4.68 Å². The first-order valence-electron chi connectivity index (χ1n) is 7.55. The van der Waals surface area contributed by atoms with E-state index < -0.39 is 0 Å². The number of nitrogens with zero attached hydrogens (tertiary/aromatic N) is 4. The van der Waals surface area contributed by atoms with Gasteiger partial charge in [0.2, 0.25) is 0 Å². The number of hydrogen-bond donors (Lipinski definition) is 1. The van der Waals surface area contributed by atoms with Gasteiger partial charge < -0.3 is 10.2 Å². The second-order valence-corrected chi connectivity index (χ2v) is 6.32. The van der Waals surface area contributed by atoms with Crippen LogP contribution in [0.25, 0.3) is 0 Å². The van der Waals surface area contributed by atoms with E-state index >= 15 is 0 Å². The summed E-state index contributed by atoms with van der Waals surface area (Å²) < 4.78 is 1.88. The minimum absolute atomic E-state index is 0.390. The standard InChI is InChI=1S/C15H23N5/c1-12-13(9-16)14(19(2)18-12)20-8-4-6-15(11-20)5-3-7-17-10-15/h17H,3-8,10-11H2,1-2H3. The fourth-order valence-electron chi connectivity index (χ4n) is 3.91. The van der Waals surface area contributed by atoms with Crippen LogP contribution in [-0.4, -0.2) is 36.0 Å². The van der Waals surface area contributed by atoms with Crippen LogP contribution in [0.15, 0.2) is 0 Å². The van der Waals surface area contributed by atoms with Crippen molar-refractivity contribution in [1.29, 1.82) is 5.26 Å². The molecule has 2 fully saturated rings. The van der Waals surface area contributed by atoms with Crippen LogP contribution in [0, 0.1) is 23.7 Å². The summed E-state index contributed by atoms with van der Waals surface area (Å²) >= 11 is 0. The number of piperidine rings is 2. The molecule has 5 nitrogen and oxygen atoms in total. The van der Waals surface area contributed by atoms with Crippen molar-refractivity contribution >= 4 is 5.82 Å². The van der Waals surface area contributed by atoms with Crippen molar-refractivity contribution in [2.45, 2.75) is 32.6 Å². The van der Waals surface area contributed by atoms with E-state index in [9.17, 15) is 5.26 Å². The van der Waals surface area contributed by atoms with Crippen molar-refractivity contribution in [3.05, 3.63) is 11.3 Å². The van der Waals surface area contributed by atoms with Gasteiger partial charge in [0.1, 0.15) is 17.5 Å². The summed E-state index contributed by atoms with van der Waals surface area (Å²) in [7, 11) is 1.95. The highest BCUT2D eigenvalue weighted by atomic mass is 15.4. The van der Waals surface area contributed by atoms with Gasteiger partial charge in [-0.05, 0) is 39.2 Å². The molecular formula is C15H23N5. The second kappa shape index (κ2) is 5.10. The fraction of sp³-hybridized carbons (Fsp3) is 0.733. The number of hydrogen-bond acceptors (Lipinski definition) is 4. The van der Waals surface area contributed by atoms with E-state index in [1.807, 2.05) is 18.7 Å².